The second kappa shape index (κ2) is 6.68. The third kappa shape index (κ3) is 3.51. The Kier molecular flexibility index (Phi) is 4.33. The minimum atomic E-state index is -3.97. The van der Waals surface area contributed by atoms with Crippen LogP contribution in [0.2, 0.25) is 0 Å². The van der Waals surface area contributed by atoms with Crippen LogP contribution in [-0.4, -0.2) is 14.2 Å². The van der Waals surface area contributed by atoms with Crippen LogP contribution in [-0.2, 0) is 10.1 Å². The monoisotopic (exact) mass is 398 g/mol. The molecule has 0 amide bonds. The first-order valence-corrected chi connectivity index (χ1v) is 10.3. The Morgan fingerprint density at radius 2 is 1.85 bits per heavy atom. The largest absolute Gasteiger partial charge is 0.452 e. The molecule has 4 rings (SSSR count). The fourth-order valence-corrected chi connectivity index (χ4v) is 4.17. The summed E-state index contributed by atoms with van der Waals surface area (Å²) < 4.78 is 35.6. The predicted octanol–water partition coefficient (Wildman–Crippen LogP) is 4.44. The topological polar surface area (TPSA) is 69.7 Å². The van der Waals surface area contributed by atoms with Crippen LogP contribution in [0.1, 0.15) is 20.8 Å². The SMILES string of the molecule is Cc1ccc(S(=O)(=O)Oc2ccc3c(c2)O/C(=C\c2cccs2)C3=O)cc1. The maximum Gasteiger partial charge on any atom is 0.339 e. The maximum absolute atomic E-state index is 12.4. The van der Waals surface area contributed by atoms with Gasteiger partial charge in [-0.3, -0.25) is 4.79 Å². The summed E-state index contributed by atoms with van der Waals surface area (Å²) >= 11 is 1.49. The van der Waals surface area contributed by atoms with E-state index in [0.717, 1.165) is 10.4 Å². The molecular weight excluding hydrogens is 384 g/mol. The summed E-state index contributed by atoms with van der Waals surface area (Å²) in [6.45, 7) is 1.87. The van der Waals surface area contributed by atoms with E-state index in [4.69, 9.17) is 8.92 Å². The number of carbonyl (C=O) groups is 1. The van der Waals surface area contributed by atoms with Gasteiger partial charge in [-0.05, 0) is 42.6 Å². The molecule has 0 spiro atoms. The van der Waals surface area contributed by atoms with Gasteiger partial charge in [0.1, 0.15) is 16.4 Å². The quantitative estimate of drug-likeness (QED) is 0.480. The molecule has 0 radical (unpaired) electrons. The lowest BCUT2D eigenvalue weighted by atomic mass is 10.1. The van der Waals surface area contributed by atoms with E-state index in [1.54, 1.807) is 18.2 Å². The summed E-state index contributed by atoms with van der Waals surface area (Å²) in [7, 11) is -3.97. The number of fused-ring (bicyclic) bond motifs is 1. The number of aryl methyl sites for hydroxylation is 1. The fraction of sp³-hybridized carbons (Fsp3) is 0.0500. The molecule has 27 heavy (non-hydrogen) atoms. The van der Waals surface area contributed by atoms with Gasteiger partial charge in [-0.1, -0.05) is 23.8 Å². The first-order chi connectivity index (χ1) is 12.9. The highest BCUT2D eigenvalue weighted by molar-refractivity contribution is 7.87. The molecular formula is C20H14O5S2. The Balaban J connectivity index is 1.60. The molecule has 2 heterocycles. The Morgan fingerprint density at radius 1 is 1.07 bits per heavy atom. The number of benzene rings is 2. The number of carbonyl (C=O) groups excluding carboxylic acids is 1. The molecule has 7 heteroatoms. The highest BCUT2D eigenvalue weighted by atomic mass is 32.2. The lowest BCUT2D eigenvalue weighted by Gasteiger charge is -2.08. The third-order valence-electron chi connectivity index (χ3n) is 3.97. The number of hydrogen-bond acceptors (Lipinski definition) is 6. The summed E-state index contributed by atoms with van der Waals surface area (Å²) in [5, 5.41) is 1.90. The summed E-state index contributed by atoms with van der Waals surface area (Å²) in [6.07, 6.45) is 1.66. The zero-order valence-corrected chi connectivity index (χ0v) is 15.8. The van der Waals surface area contributed by atoms with Gasteiger partial charge < -0.3 is 8.92 Å². The number of hydrogen-bond donors (Lipinski definition) is 0. The van der Waals surface area contributed by atoms with E-state index in [1.807, 2.05) is 24.4 Å². The first-order valence-electron chi connectivity index (χ1n) is 8.05. The van der Waals surface area contributed by atoms with Crippen molar-refractivity contribution in [2.75, 3.05) is 0 Å². The molecule has 0 unspecified atom stereocenters. The van der Waals surface area contributed by atoms with Crippen molar-refractivity contribution in [3.8, 4) is 11.5 Å². The smallest absolute Gasteiger partial charge is 0.339 e. The van der Waals surface area contributed by atoms with E-state index in [1.165, 1.54) is 41.7 Å². The highest BCUT2D eigenvalue weighted by Crippen LogP contribution is 2.36. The van der Waals surface area contributed by atoms with E-state index in [9.17, 15) is 13.2 Å². The Hall–Kier alpha value is -2.90. The fourth-order valence-electron chi connectivity index (χ4n) is 2.60. The van der Waals surface area contributed by atoms with Crippen molar-refractivity contribution in [2.45, 2.75) is 11.8 Å². The third-order valence-corrected chi connectivity index (χ3v) is 6.05. The lowest BCUT2D eigenvalue weighted by molar-refractivity contribution is 0.101. The molecule has 0 saturated heterocycles. The van der Waals surface area contributed by atoms with Gasteiger partial charge >= 0.3 is 10.1 Å². The van der Waals surface area contributed by atoms with Crippen molar-refractivity contribution < 1.29 is 22.1 Å². The van der Waals surface area contributed by atoms with Gasteiger partial charge in [0, 0.05) is 17.0 Å². The summed E-state index contributed by atoms with van der Waals surface area (Å²) in [5.41, 5.74) is 1.32. The summed E-state index contributed by atoms with van der Waals surface area (Å²) in [6, 6.07) is 14.5. The Morgan fingerprint density at radius 3 is 2.56 bits per heavy atom. The van der Waals surface area contributed by atoms with Gasteiger partial charge in [0.2, 0.25) is 5.78 Å². The number of ether oxygens (including phenoxy) is 1. The minimum Gasteiger partial charge on any atom is -0.452 e. The van der Waals surface area contributed by atoms with Crippen molar-refractivity contribution in [3.05, 3.63) is 81.7 Å². The van der Waals surface area contributed by atoms with E-state index < -0.39 is 10.1 Å². The minimum absolute atomic E-state index is 0.0591. The normalized spacial score (nSPS) is 14.9. The molecule has 3 aromatic rings. The van der Waals surface area contributed by atoms with Gasteiger partial charge in [0.25, 0.3) is 0 Å². The van der Waals surface area contributed by atoms with Gasteiger partial charge in [0.05, 0.1) is 5.56 Å². The van der Waals surface area contributed by atoms with Crippen LogP contribution in [0.15, 0.2) is 70.6 Å². The van der Waals surface area contributed by atoms with Crippen LogP contribution in [0.3, 0.4) is 0 Å². The van der Waals surface area contributed by atoms with Gasteiger partial charge in [-0.2, -0.15) is 8.42 Å². The predicted molar refractivity (Wildman–Crippen MR) is 103 cm³/mol. The van der Waals surface area contributed by atoms with Crippen LogP contribution in [0.25, 0.3) is 6.08 Å². The van der Waals surface area contributed by atoms with Crippen LogP contribution in [0.5, 0.6) is 11.5 Å². The second-order valence-electron chi connectivity index (χ2n) is 5.96. The Labute approximate surface area is 160 Å². The zero-order valence-electron chi connectivity index (χ0n) is 14.2. The molecule has 136 valence electrons. The van der Waals surface area contributed by atoms with Gasteiger partial charge in [0.15, 0.2) is 5.76 Å². The Bertz CT molecular complexity index is 1140. The molecule has 0 atom stereocenters. The molecule has 1 aromatic heterocycles. The summed E-state index contributed by atoms with van der Waals surface area (Å²) in [4.78, 5) is 13.4. The molecule has 1 aliphatic rings. The standard InChI is InChI=1S/C20H14O5S2/c1-13-4-7-16(8-5-13)27(22,23)25-14-6-9-17-18(11-14)24-19(20(17)21)12-15-3-2-10-26-15/h2-12H,1H3/b19-12-. The van der Waals surface area contributed by atoms with Crippen molar-refractivity contribution in [2.24, 2.45) is 0 Å². The first kappa shape index (κ1) is 17.5. The van der Waals surface area contributed by atoms with Crippen LogP contribution in [0, 0.1) is 6.92 Å². The maximum atomic E-state index is 12.4. The second-order valence-corrected chi connectivity index (χ2v) is 8.49. The van der Waals surface area contributed by atoms with Crippen LogP contribution in [0.4, 0.5) is 0 Å². The number of thiophene rings is 1. The number of rotatable bonds is 4. The average molecular weight is 398 g/mol. The van der Waals surface area contributed by atoms with E-state index in [-0.39, 0.29) is 27.9 Å². The molecule has 5 nitrogen and oxygen atoms in total. The molecule has 2 aromatic carbocycles. The average Bonchev–Trinajstić information content (AvgIpc) is 3.24. The van der Waals surface area contributed by atoms with E-state index in [0.29, 0.717) is 5.56 Å². The number of Topliss-reactive ketones (excluding diaryl/α,β-unsaturated/α-hetero) is 1. The molecule has 0 N–H and O–H groups in total. The summed E-state index contributed by atoms with van der Waals surface area (Å²) in [5.74, 6) is 0.316. The van der Waals surface area contributed by atoms with Crippen molar-refractivity contribution >= 4 is 33.3 Å². The van der Waals surface area contributed by atoms with Gasteiger partial charge in [-0.25, -0.2) is 0 Å². The molecule has 0 fully saturated rings. The van der Waals surface area contributed by atoms with Crippen molar-refractivity contribution in [1.29, 1.82) is 0 Å². The lowest BCUT2D eigenvalue weighted by Crippen LogP contribution is -2.09. The molecule has 1 aliphatic heterocycles. The zero-order chi connectivity index (χ0) is 19.0. The molecule has 0 bridgehead atoms. The van der Waals surface area contributed by atoms with E-state index >= 15 is 0 Å². The van der Waals surface area contributed by atoms with Crippen LogP contribution < -0.4 is 8.92 Å². The highest BCUT2D eigenvalue weighted by Gasteiger charge is 2.28. The van der Waals surface area contributed by atoms with E-state index in [2.05, 4.69) is 0 Å². The van der Waals surface area contributed by atoms with Crippen LogP contribution >= 0.6 is 11.3 Å². The van der Waals surface area contributed by atoms with Gasteiger partial charge in [-0.15, -0.1) is 11.3 Å². The number of allylic oxidation sites excluding steroid dienone is 1. The number of ketones is 1. The molecule has 0 saturated carbocycles. The molecule has 0 aliphatic carbocycles. The van der Waals surface area contributed by atoms with Crippen molar-refractivity contribution in [3.63, 3.8) is 0 Å². The van der Waals surface area contributed by atoms with Crippen molar-refractivity contribution in [1.82, 2.24) is 0 Å².